The predicted molar refractivity (Wildman–Crippen MR) is 205 cm³/mol. The Morgan fingerprint density at radius 1 is 1.00 bits per heavy atom. The summed E-state index contributed by atoms with van der Waals surface area (Å²) in [6, 6.07) is 19.5. The maximum absolute atomic E-state index is 16.9. The number of fused-ring (bicyclic) bond motifs is 6. The Morgan fingerprint density at radius 3 is 2.40 bits per heavy atom. The summed E-state index contributed by atoms with van der Waals surface area (Å²) in [5.41, 5.74) is -2.48. The molecule has 0 saturated heterocycles. The first-order valence-electron chi connectivity index (χ1n) is 19.7. The quantitative estimate of drug-likeness (QED) is 0.189. The molecule has 4 N–H and O–H groups in total. The lowest BCUT2D eigenvalue weighted by Gasteiger charge is -2.62. The number of carboxylic acids is 1. The number of hydrogen-bond donors (Lipinski definition) is 4. The lowest BCUT2D eigenvalue weighted by molar-refractivity contribution is -0.219. The zero-order valence-corrected chi connectivity index (χ0v) is 31.8. The van der Waals surface area contributed by atoms with Crippen molar-refractivity contribution in [2.24, 2.45) is 34.5 Å². The molecule has 1 aromatic heterocycles. The number of para-hydroxylation sites is 1. The second-order valence-electron chi connectivity index (χ2n) is 17.0. The van der Waals surface area contributed by atoms with E-state index in [4.69, 9.17) is 4.74 Å². The van der Waals surface area contributed by atoms with Gasteiger partial charge in [-0.15, -0.1) is 0 Å². The molecule has 0 aliphatic heterocycles. The number of aliphatic carboxylic acids is 1. The van der Waals surface area contributed by atoms with Gasteiger partial charge in [0.1, 0.15) is 24.6 Å². The summed E-state index contributed by atoms with van der Waals surface area (Å²) in [6.07, 6.45) is 8.71. The fourth-order valence-electron chi connectivity index (χ4n) is 11.3. The van der Waals surface area contributed by atoms with Crippen LogP contribution in [0.2, 0.25) is 0 Å². The molecular weight excluding hydrogens is 701 g/mol. The van der Waals surface area contributed by atoms with Crippen molar-refractivity contribution in [1.82, 2.24) is 4.98 Å². The predicted octanol–water partition coefficient (Wildman–Crippen LogP) is 7.07. The van der Waals surface area contributed by atoms with Crippen LogP contribution in [0.25, 0.3) is 10.9 Å². The summed E-state index contributed by atoms with van der Waals surface area (Å²) in [5.74, 6) is -2.29. The van der Waals surface area contributed by atoms with E-state index in [0.29, 0.717) is 31.4 Å². The van der Waals surface area contributed by atoms with Crippen LogP contribution in [-0.2, 0) is 21.0 Å². The van der Waals surface area contributed by atoms with E-state index in [0.717, 1.165) is 53.6 Å². The summed E-state index contributed by atoms with van der Waals surface area (Å²) < 4.78 is 22.7. The molecule has 1 heterocycles. The van der Waals surface area contributed by atoms with Crippen LogP contribution in [0, 0.1) is 34.5 Å². The monoisotopic (exact) mass is 753 g/mol. The number of carbonyl (C=O) groups excluding carboxylic acids is 2. The molecule has 3 aromatic rings. The molecule has 0 radical (unpaired) electrons. The molecule has 0 amide bonds. The Labute approximate surface area is 321 Å². The number of carbonyl (C=O) groups is 3. The standard InChI is InChI=1S/C23H23NO3.C22H29FO5/c25-23(26)22(17-6-1-2-7-17)18-10-13-20(14-11-18)27-15-19-12-9-16-5-3-4-8-21(16)24-19;1-12-8-16-15-5-4-13-9-14(25)6-7-19(13,2)21(15,23)17(26)10-20(16,3)22(12,28)18(27)11-24/h3-5,8-14,17,22H,1-2,6-7,15H2,(H,25,26);6-7,9,12,15-17,24,26,28H,4-5,8,10-11H2,1-3H3/t;12-,15+,16+,17+,19+,20+,21+,22+/m.1/s1. The Kier molecular flexibility index (Phi) is 10.4. The minimum absolute atomic E-state index is 0.0676. The zero-order valence-electron chi connectivity index (χ0n) is 31.8. The van der Waals surface area contributed by atoms with E-state index in [1.807, 2.05) is 60.7 Å². The fraction of sp³-hybridized carbons (Fsp3) is 0.511. The summed E-state index contributed by atoms with van der Waals surface area (Å²) in [4.78, 5) is 40.7. The van der Waals surface area contributed by atoms with Crippen LogP contribution in [0.15, 0.2) is 84.5 Å². The number of ether oxygens (including phenoxy) is 1. The van der Waals surface area contributed by atoms with Crippen LogP contribution >= 0.6 is 0 Å². The highest BCUT2D eigenvalue weighted by atomic mass is 19.1. The molecule has 4 fully saturated rings. The average Bonchev–Trinajstić information content (AvgIpc) is 3.77. The highest BCUT2D eigenvalue weighted by molar-refractivity contribution is 6.01. The molecule has 5 aliphatic carbocycles. The number of carboxylic acid groups (broad SMARTS) is 1. The van der Waals surface area contributed by atoms with Crippen LogP contribution in [0.3, 0.4) is 0 Å². The third kappa shape index (κ3) is 6.34. The molecule has 10 heteroatoms. The molecule has 55 heavy (non-hydrogen) atoms. The second-order valence-corrected chi connectivity index (χ2v) is 17.0. The minimum Gasteiger partial charge on any atom is -0.487 e. The number of ketones is 2. The number of alkyl halides is 1. The van der Waals surface area contributed by atoms with E-state index in [1.54, 1.807) is 26.8 Å². The first-order valence-corrected chi connectivity index (χ1v) is 19.7. The normalized spacial score (nSPS) is 34.5. The van der Waals surface area contributed by atoms with E-state index in [9.17, 15) is 34.8 Å². The van der Waals surface area contributed by atoms with Crippen LogP contribution in [0.4, 0.5) is 4.39 Å². The molecule has 8 rings (SSSR count). The number of pyridine rings is 1. The molecule has 4 saturated carbocycles. The topological polar surface area (TPSA) is 154 Å². The highest BCUT2D eigenvalue weighted by Crippen LogP contribution is 2.70. The number of halogens is 1. The average molecular weight is 754 g/mol. The van der Waals surface area contributed by atoms with Crippen molar-refractivity contribution >= 4 is 28.4 Å². The Bertz CT molecular complexity index is 2020. The van der Waals surface area contributed by atoms with E-state index < -0.39 is 64.3 Å². The van der Waals surface area contributed by atoms with Gasteiger partial charge in [-0.05, 0) is 105 Å². The Morgan fingerprint density at radius 2 is 1.71 bits per heavy atom. The molecule has 9 atom stereocenters. The van der Waals surface area contributed by atoms with Crippen molar-refractivity contribution in [3.8, 4) is 5.75 Å². The van der Waals surface area contributed by atoms with Crippen molar-refractivity contribution in [3.63, 3.8) is 0 Å². The van der Waals surface area contributed by atoms with Crippen LogP contribution in [0.5, 0.6) is 5.75 Å². The van der Waals surface area contributed by atoms with Gasteiger partial charge < -0.3 is 25.2 Å². The molecule has 1 unspecified atom stereocenters. The van der Waals surface area contributed by atoms with E-state index in [2.05, 4.69) is 4.98 Å². The maximum atomic E-state index is 16.9. The summed E-state index contributed by atoms with van der Waals surface area (Å²) >= 11 is 0. The number of Topliss-reactive ketones (excluding diaryl/α,β-unsaturated/α-hetero) is 1. The zero-order chi connectivity index (χ0) is 39.3. The first-order chi connectivity index (χ1) is 26.2. The van der Waals surface area contributed by atoms with Crippen molar-refractivity contribution < 1.29 is 43.9 Å². The third-order valence-electron chi connectivity index (χ3n) is 14.2. The fourth-order valence-corrected chi connectivity index (χ4v) is 11.3. The van der Waals surface area contributed by atoms with Gasteiger partial charge in [0.2, 0.25) is 0 Å². The summed E-state index contributed by atoms with van der Waals surface area (Å²) in [7, 11) is 0. The van der Waals surface area contributed by atoms with E-state index in [1.165, 1.54) is 12.2 Å². The number of aliphatic hydroxyl groups excluding tert-OH is 2. The smallest absolute Gasteiger partial charge is 0.311 e. The first kappa shape index (κ1) is 39.0. The summed E-state index contributed by atoms with van der Waals surface area (Å²) in [6.45, 7) is 4.86. The van der Waals surface area contributed by atoms with Crippen LogP contribution in [0.1, 0.15) is 89.3 Å². The maximum Gasteiger partial charge on any atom is 0.311 e. The van der Waals surface area contributed by atoms with E-state index in [-0.39, 0.29) is 24.0 Å². The SMILES string of the molecule is C[C@@H]1C[C@H]2[C@@H]3CCC4=CC(=O)C=C[C@]4(C)[C@@]3(F)[C@@H](O)C[C@]2(C)[C@@]1(O)C(=O)CO.O=C(O)C(c1ccc(OCc2ccc3ccccc3n2)cc1)C1CCCC1. The number of hydrogen-bond acceptors (Lipinski definition) is 8. The summed E-state index contributed by atoms with van der Waals surface area (Å²) in [5, 5.41) is 42.7. The number of aliphatic hydroxyl groups is 3. The third-order valence-corrected chi connectivity index (χ3v) is 14.2. The number of nitrogens with zero attached hydrogens (tertiary/aromatic N) is 1. The number of rotatable bonds is 8. The highest BCUT2D eigenvalue weighted by Gasteiger charge is 2.75. The van der Waals surface area contributed by atoms with Crippen LogP contribution < -0.4 is 4.74 Å². The number of benzene rings is 2. The van der Waals surface area contributed by atoms with Crippen molar-refractivity contribution in [1.29, 1.82) is 0 Å². The van der Waals surface area contributed by atoms with Crippen molar-refractivity contribution in [2.75, 3.05) is 6.61 Å². The minimum atomic E-state index is -1.98. The molecule has 0 bridgehead atoms. The van der Waals surface area contributed by atoms with Gasteiger partial charge in [-0.1, -0.05) is 74.7 Å². The molecule has 292 valence electrons. The van der Waals surface area contributed by atoms with Gasteiger partial charge in [0.05, 0.1) is 23.2 Å². The number of aromatic nitrogens is 1. The Hall–Kier alpha value is -4.25. The Balaban J connectivity index is 0.000000169. The van der Waals surface area contributed by atoms with Gasteiger partial charge in [-0.3, -0.25) is 14.4 Å². The van der Waals surface area contributed by atoms with Gasteiger partial charge in [0, 0.05) is 22.1 Å². The van der Waals surface area contributed by atoms with E-state index >= 15 is 4.39 Å². The number of allylic oxidation sites excluding steroid dienone is 4. The lowest BCUT2D eigenvalue weighted by atomic mass is 9.44. The molecule has 2 aromatic carbocycles. The van der Waals surface area contributed by atoms with Gasteiger partial charge >= 0.3 is 5.97 Å². The molecule has 5 aliphatic rings. The van der Waals surface area contributed by atoms with Gasteiger partial charge in [-0.2, -0.15) is 0 Å². The van der Waals surface area contributed by atoms with Crippen LogP contribution in [-0.4, -0.2) is 66.9 Å². The largest absolute Gasteiger partial charge is 0.487 e. The molecule has 9 nitrogen and oxygen atoms in total. The van der Waals surface area contributed by atoms with Crippen molar-refractivity contribution in [2.45, 2.75) is 102 Å². The lowest BCUT2D eigenvalue weighted by Crippen LogP contribution is -2.69. The second kappa shape index (κ2) is 14.7. The van der Waals surface area contributed by atoms with Crippen molar-refractivity contribution in [3.05, 3.63) is 95.7 Å². The van der Waals surface area contributed by atoms with Gasteiger partial charge in [0.25, 0.3) is 0 Å². The molecule has 0 spiro atoms. The van der Waals surface area contributed by atoms with Gasteiger partial charge in [0.15, 0.2) is 17.2 Å². The molecular formula is C45H52FNO8. The van der Waals surface area contributed by atoms with Gasteiger partial charge in [-0.25, -0.2) is 9.37 Å².